The topological polar surface area (TPSA) is 69.7 Å². The molecule has 1 aliphatic carbocycles. The van der Waals surface area contributed by atoms with Gasteiger partial charge in [0.25, 0.3) is 0 Å². The van der Waals surface area contributed by atoms with Crippen molar-refractivity contribution in [1.82, 2.24) is 0 Å². The predicted octanol–water partition coefficient (Wildman–Crippen LogP) is 2.67. The van der Waals surface area contributed by atoms with Gasteiger partial charge in [0.2, 0.25) is 5.78 Å². The Bertz CT molecular complexity index is 768. The van der Waals surface area contributed by atoms with Crippen molar-refractivity contribution in [2.45, 2.75) is 20.3 Å². The summed E-state index contributed by atoms with van der Waals surface area (Å²) in [6, 6.07) is 10.3. The molecule has 0 aliphatic heterocycles. The van der Waals surface area contributed by atoms with Gasteiger partial charge >= 0.3 is 11.9 Å². The molecule has 0 amide bonds. The van der Waals surface area contributed by atoms with Crippen molar-refractivity contribution in [3.05, 3.63) is 58.7 Å². The molecule has 1 aliphatic rings. The molecule has 0 saturated carbocycles. The number of benzene rings is 2. The fourth-order valence-corrected chi connectivity index (χ4v) is 2.77. The number of rotatable bonds is 2. The first-order chi connectivity index (χ1) is 11.0. The lowest BCUT2D eigenvalue weighted by molar-refractivity contribution is -0.132. The molecule has 2 aromatic carbocycles. The van der Waals surface area contributed by atoms with Gasteiger partial charge in [-0.25, -0.2) is 0 Å². The number of ether oxygens (including phenoxy) is 2. The molecule has 23 heavy (non-hydrogen) atoms. The highest BCUT2D eigenvalue weighted by atomic mass is 16.5. The van der Waals surface area contributed by atoms with Crippen molar-refractivity contribution in [3.8, 4) is 11.5 Å². The Hall–Kier alpha value is -2.95. The fourth-order valence-electron chi connectivity index (χ4n) is 2.77. The molecule has 0 atom stereocenters. The van der Waals surface area contributed by atoms with Crippen LogP contribution in [0.3, 0.4) is 0 Å². The van der Waals surface area contributed by atoms with Crippen LogP contribution in [0.2, 0.25) is 0 Å². The normalized spacial score (nSPS) is 12.2. The highest BCUT2D eigenvalue weighted by Gasteiger charge is 2.30. The average Bonchev–Trinajstić information content (AvgIpc) is 2.46. The van der Waals surface area contributed by atoms with Crippen LogP contribution in [-0.2, 0) is 16.0 Å². The van der Waals surface area contributed by atoms with Crippen LogP contribution in [0.1, 0.15) is 40.9 Å². The van der Waals surface area contributed by atoms with E-state index in [-0.39, 0.29) is 17.3 Å². The van der Waals surface area contributed by atoms with Crippen LogP contribution in [0.25, 0.3) is 0 Å². The lowest BCUT2D eigenvalue weighted by atomic mass is 9.84. The molecule has 5 nitrogen and oxygen atoms in total. The second-order valence-electron chi connectivity index (χ2n) is 5.27. The fraction of sp³-hybridized carbons (Fsp3) is 0.167. The standard InChI is InChI=1S/C18H14O5/c1-10(19)22-14-7-3-5-12-9-13-6-4-8-15(23-11(2)20)17(13)18(21)16(12)14/h3-8H,9H2,1-2H3. The third kappa shape index (κ3) is 2.73. The van der Waals surface area contributed by atoms with Gasteiger partial charge in [-0.05, 0) is 29.7 Å². The van der Waals surface area contributed by atoms with Crippen molar-refractivity contribution in [3.63, 3.8) is 0 Å². The largest absolute Gasteiger partial charge is 0.426 e. The number of carbonyl (C=O) groups excluding carboxylic acids is 3. The highest BCUT2D eigenvalue weighted by Crippen LogP contribution is 2.37. The molecule has 116 valence electrons. The summed E-state index contributed by atoms with van der Waals surface area (Å²) in [4.78, 5) is 35.5. The quantitative estimate of drug-likeness (QED) is 0.537. The van der Waals surface area contributed by atoms with Gasteiger partial charge in [0, 0.05) is 13.8 Å². The van der Waals surface area contributed by atoms with Gasteiger partial charge in [0.05, 0.1) is 11.1 Å². The molecule has 3 rings (SSSR count). The summed E-state index contributed by atoms with van der Waals surface area (Å²) in [5.74, 6) is -0.850. The zero-order valence-electron chi connectivity index (χ0n) is 12.7. The number of esters is 2. The van der Waals surface area contributed by atoms with E-state index in [0.717, 1.165) is 11.1 Å². The molecule has 0 saturated heterocycles. The zero-order chi connectivity index (χ0) is 16.6. The SMILES string of the molecule is CC(=O)Oc1cccc2c1C(=O)c1c(cccc1OC(C)=O)C2. The van der Waals surface area contributed by atoms with E-state index in [1.165, 1.54) is 13.8 Å². The molecule has 0 unspecified atom stereocenters. The van der Waals surface area contributed by atoms with Crippen molar-refractivity contribution in [2.75, 3.05) is 0 Å². The third-order valence-corrected chi connectivity index (χ3v) is 3.57. The number of hydrogen-bond donors (Lipinski definition) is 0. The molecule has 0 bridgehead atoms. The summed E-state index contributed by atoms with van der Waals surface area (Å²) in [5, 5.41) is 0. The molecule has 0 aromatic heterocycles. The van der Waals surface area contributed by atoms with Gasteiger partial charge < -0.3 is 9.47 Å². The van der Waals surface area contributed by atoms with Gasteiger partial charge in [-0.15, -0.1) is 0 Å². The molecule has 0 radical (unpaired) electrons. The molecule has 0 spiro atoms. The van der Waals surface area contributed by atoms with Gasteiger partial charge in [0.1, 0.15) is 11.5 Å². The minimum absolute atomic E-state index is 0.225. The van der Waals surface area contributed by atoms with Crippen LogP contribution < -0.4 is 9.47 Å². The monoisotopic (exact) mass is 310 g/mol. The van der Waals surface area contributed by atoms with Crippen LogP contribution >= 0.6 is 0 Å². The molecule has 0 N–H and O–H groups in total. The summed E-state index contributed by atoms with van der Waals surface area (Å²) >= 11 is 0. The number of ketones is 1. The molecule has 0 heterocycles. The Morgan fingerprint density at radius 1 is 0.826 bits per heavy atom. The van der Waals surface area contributed by atoms with E-state index < -0.39 is 11.9 Å². The highest BCUT2D eigenvalue weighted by molar-refractivity contribution is 6.16. The molecule has 0 fully saturated rings. The van der Waals surface area contributed by atoms with Crippen LogP contribution in [-0.4, -0.2) is 17.7 Å². The third-order valence-electron chi connectivity index (χ3n) is 3.57. The molecule has 2 aromatic rings. The Labute approximate surface area is 132 Å². The van der Waals surface area contributed by atoms with Gasteiger partial charge in [-0.2, -0.15) is 0 Å². The summed E-state index contributed by atoms with van der Waals surface area (Å²) in [7, 11) is 0. The second-order valence-corrected chi connectivity index (χ2v) is 5.27. The number of fused-ring (bicyclic) bond motifs is 2. The maximum Gasteiger partial charge on any atom is 0.308 e. The lowest BCUT2D eigenvalue weighted by Crippen LogP contribution is -2.19. The predicted molar refractivity (Wildman–Crippen MR) is 81.7 cm³/mol. The summed E-state index contributed by atoms with van der Waals surface area (Å²) in [6.45, 7) is 2.57. The number of carbonyl (C=O) groups is 3. The molecular weight excluding hydrogens is 296 g/mol. The Kier molecular flexibility index (Phi) is 3.70. The van der Waals surface area contributed by atoms with Crippen molar-refractivity contribution in [2.24, 2.45) is 0 Å². The van der Waals surface area contributed by atoms with Gasteiger partial charge in [0.15, 0.2) is 0 Å². The van der Waals surface area contributed by atoms with E-state index in [0.29, 0.717) is 17.5 Å². The first-order valence-electron chi connectivity index (χ1n) is 7.12. The summed E-state index contributed by atoms with van der Waals surface area (Å²) in [5.41, 5.74) is 2.24. The van der Waals surface area contributed by atoms with Crippen LogP contribution in [0.15, 0.2) is 36.4 Å². The van der Waals surface area contributed by atoms with Crippen molar-refractivity contribution < 1.29 is 23.9 Å². The van der Waals surface area contributed by atoms with Crippen LogP contribution in [0, 0.1) is 0 Å². The zero-order valence-corrected chi connectivity index (χ0v) is 12.7. The van der Waals surface area contributed by atoms with Gasteiger partial charge in [-0.3, -0.25) is 14.4 Å². The van der Waals surface area contributed by atoms with Gasteiger partial charge in [-0.1, -0.05) is 24.3 Å². The summed E-state index contributed by atoms with van der Waals surface area (Å²) in [6.07, 6.45) is 0.501. The maximum absolute atomic E-state index is 12.9. The van der Waals surface area contributed by atoms with E-state index in [1.54, 1.807) is 24.3 Å². The second kappa shape index (κ2) is 5.68. The Morgan fingerprint density at radius 3 is 1.65 bits per heavy atom. The van der Waals surface area contributed by atoms with Crippen molar-refractivity contribution in [1.29, 1.82) is 0 Å². The Morgan fingerprint density at radius 2 is 1.26 bits per heavy atom. The Balaban J connectivity index is 2.15. The van der Waals surface area contributed by atoms with Crippen LogP contribution in [0.5, 0.6) is 11.5 Å². The number of hydrogen-bond acceptors (Lipinski definition) is 5. The first-order valence-corrected chi connectivity index (χ1v) is 7.12. The van der Waals surface area contributed by atoms with E-state index in [9.17, 15) is 14.4 Å². The minimum atomic E-state index is -0.495. The molecule has 5 heteroatoms. The molecular formula is C18H14O5. The maximum atomic E-state index is 12.9. The van der Waals surface area contributed by atoms with E-state index >= 15 is 0 Å². The average molecular weight is 310 g/mol. The van der Waals surface area contributed by atoms with E-state index in [2.05, 4.69) is 0 Å². The smallest absolute Gasteiger partial charge is 0.308 e. The van der Waals surface area contributed by atoms with E-state index in [4.69, 9.17) is 9.47 Å². The van der Waals surface area contributed by atoms with E-state index in [1.807, 2.05) is 12.1 Å². The lowest BCUT2D eigenvalue weighted by Gasteiger charge is -2.22. The van der Waals surface area contributed by atoms with Crippen LogP contribution in [0.4, 0.5) is 0 Å². The first kappa shape index (κ1) is 15.0. The minimum Gasteiger partial charge on any atom is -0.426 e. The van der Waals surface area contributed by atoms with Crippen molar-refractivity contribution >= 4 is 17.7 Å². The summed E-state index contributed by atoms with van der Waals surface area (Å²) < 4.78 is 10.3.